The van der Waals surface area contributed by atoms with Gasteiger partial charge in [-0.3, -0.25) is 0 Å². The Morgan fingerprint density at radius 2 is 1.11 bits per heavy atom. The third-order valence-corrected chi connectivity index (χ3v) is 7.01. The lowest BCUT2D eigenvalue weighted by molar-refractivity contribution is 0.585. The van der Waals surface area contributed by atoms with E-state index in [9.17, 15) is 16.8 Å². The zero-order valence-corrected chi connectivity index (χ0v) is 12.5. The Balaban J connectivity index is 3.42. The summed E-state index contributed by atoms with van der Waals surface area (Å²) in [6.07, 6.45) is 0. The largest absolute Gasteiger partial charge is 0.223 e. The molecule has 0 fully saturated rings. The van der Waals surface area contributed by atoms with Crippen molar-refractivity contribution in [3.63, 3.8) is 0 Å². The molecule has 0 unspecified atom stereocenters. The first-order chi connectivity index (χ1) is 8.10. The van der Waals surface area contributed by atoms with Crippen molar-refractivity contribution in [2.75, 3.05) is 0 Å². The smallest absolute Gasteiger partial charge is 0.180 e. The lowest BCUT2D eigenvalue weighted by Gasteiger charge is -2.11. The van der Waals surface area contributed by atoms with Crippen molar-refractivity contribution in [1.82, 2.24) is 0 Å². The van der Waals surface area contributed by atoms with Gasteiger partial charge in [-0.05, 0) is 45.9 Å². The van der Waals surface area contributed by atoms with E-state index in [1.54, 1.807) is 27.7 Å². The van der Waals surface area contributed by atoms with Gasteiger partial charge in [0.25, 0.3) is 0 Å². The monoisotopic (exact) mass is 290 g/mol. The summed E-state index contributed by atoms with van der Waals surface area (Å²) in [6.45, 7) is 6.27. The summed E-state index contributed by atoms with van der Waals surface area (Å²) < 4.78 is 47.9. The fourth-order valence-corrected chi connectivity index (χ4v) is 3.65. The van der Waals surface area contributed by atoms with E-state index < -0.39 is 30.2 Å². The van der Waals surface area contributed by atoms with E-state index >= 15 is 0 Å². The summed E-state index contributed by atoms with van der Waals surface area (Å²) in [6, 6.07) is 5.55. The van der Waals surface area contributed by atoms with Crippen LogP contribution in [0.4, 0.5) is 0 Å². The highest BCUT2D eigenvalue weighted by molar-refractivity contribution is 7.92. The normalized spacial score (nSPS) is 13.2. The van der Waals surface area contributed by atoms with Crippen LogP contribution in [-0.2, 0) is 19.7 Å². The second-order valence-electron chi connectivity index (χ2n) is 4.66. The van der Waals surface area contributed by atoms with Crippen molar-refractivity contribution >= 4 is 19.7 Å². The first kappa shape index (κ1) is 15.2. The summed E-state index contributed by atoms with van der Waals surface area (Å²) >= 11 is 0. The molecule has 1 rings (SSSR count). The van der Waals surface area contributed by atoms with Crippen molar-refractivity contribution in [3.05, 3.63) is 24.3 Å². The number of hydrogen-bond donors (Lipinski definition) is 0. The Kier molecular flexibility index (Phi) is 4.23. The molecule has 0 heterocycles. The van der Waals surface area contributed by atoms with E-state index in [1.165, 1.54) is 24.3 Å². The van der Waals surface area contributed by atoms with Crippen molar-refractivity contribution < 1.29 is 16.8 Å². The van der Waals surface area contributed by atoms with Gasteiger partial charge in [-0.1, -0.05) is 6.07 Å². The molecule has 102 valence electrons. The Morgan fingerprint density at radius 3 is 1.39 bits per heavy atom. The summed E-state index contributed by atoms with van der Waals surface area (Å²) in [5, 5.41) is -1.15. The zero-order valence-electron chi connectivity index (χ0n) is 10.9. The topological polar surface area (TPSA) is 68.3 Å². The highest BCUT2D eigenvalue weighted by Crippen LogP contribution is 2.22. The molecule has 0 saturated carbocycles. The standard InChI is InChI=1S/C12H18O4S2/c1-9(2)17(13,14)11-6-5-7-12(8-11)18(15,16)10(3)4/h5-10H,1-4H3. The van der Waals surface area contributed by atoms with Crippen LogP contribution < -0.4 is 0 Å². The number of hydrogen-bond acceptors (Lipinski definition) is 4. The molecule has 0 atom stereocenters. The van der Waals surface area contributed by atoms with E-state index in [4.69, 9.17) is 0 Å². The first-order valence-corrected chi connectivity index (χ1v) is 8.77. The van der Waals surface area contributed by atoms with Crippen LogP contribution in [0.25, 0.3) is 0 Å². The van der Waals surface area contributed by atoms with Gasteiger partial charge in [0.05, 0.1) is 20.3 Å². The lowest BCUT2D eigenvalue weighted by Crippen LogP contribution is -2.17. The molecule has 0 bridgehead atoms. The van der Waals surface area contributed by atoms with Gasteiger partial charge in [0.2, 0.25) is 0 Å². The van der Waals surface area contributed by atoms with Gasteiger partial charge in [-0.15, -0.1) is 0 Å². The fourth-order valence-electron chi connectivity index (χ4n) is 1.37. The average molecular weight is 290 g/mol. The summed E-state index contributed by atoms with van der Waals surface area (Å²) in [5.41, 5.74) is 0. The van der Waals surface area contributed by atoms with Crippen molar-refractivity contribution in [3.8, 4) is 0 Å². The van der Waals surface area contributed by atoms with Gasteiger partial charge in [0.1, 0.15) is 0 Å². The van der Waals surface area contributed by atoms with Crippen LogP contribution in [0.5, 0.6) is 0 Å². The Morgan fingerprint density at radius 1 is 0.778 bits per heavy atom. The van der Waals surface area contributed by atoms with Crippen LogP contribution in [0.1, 0.15) is 27.7 Å². The molecule has 0 spiro atoms. The fraction of sp³-hybridized carbons (Fsp3) is 0.500. The molecule has 1 aromatic rings. The quantitative estimate of drug-likeness (QED) is 0.851. The molecule has 1 aromatic carbocycles. The molecule has 0 N–H and O–H groups in total. The predicted octanol–water partition coefficient (Wildman–Crippen LogP) is 2.05. The SMILES string of the molecule is CC(C)S(=O)(=O)c1cccc(S(=O)(=O)C(C)C)c1. The zero-order chi connectivity index (χ0) is 14.1. The number of rotatable bonds is 4. The average Bonchev–Trinajstić information content (AvgIpc) is 2.28. The molecule has 0 radical (unpaired) electrons. The van der Waals surface area contributed by atoms with Crippen molar-refractivity contribution in [2.24, 2.45) is 0 Å². The van der Waals surface area contributed by atoms with E-state index in [-0.39, 0.29) is 9.79 Å². The molecule has 18 heavy (non-hydrogen) atoms. The Hall–Kier alpha value is -0.880. The number of benzene rings is 1. The molecule has 0 aliphatic heterocycles. The van der Waals surface area contributed by atoms with Gasteiger partial charge in [0, 0.05) is 0 Å². The van der Waals surface area contributed by atoms with Crippen LogP contribution in [0.3, 0.4) is 0 Å². The number of sulfone groups is 2. The highest BCUT2D eigenvalue weighted by atomic mass is 32.2. The van der Waals surface area contributed by atoms with Crippen LogP contribution in [0, 0.1) is 0 Å². The molecule has 0 saturated heterocycles. The third-order valence-electron chi connectivity index (χ3n) is 2.70. The molecular formula is C12H18O4S2. The Bertz CT molecular complexity index is 573. The molecule has 0 aliphatic carbocycles. The third kappa shape index (κ3) is 2.75. The molecule has 0 amide bonds. The second-order valence-corrected chi connectivity index (χ2v) is 9.67. The van der Waals surface area contributed by atoms with Gasteiger partial charge in [-0.25, -0.2) is 16.8 Å². The van der Waals surface area contributed by atoms with Gasteiger partial charge in [0.15, 0.2) is 19.7 Å². The predicted molar refractivity (Wildman–Crippen MR) is 71.1 cm³/mol. The minimum absolute atomic E-state index is 0.0548. The van der Waals surface area contributed by atoms with E-state index in [0.717, 1.165) is 0 Å². The molecule has 6 heteroatoms. The molecule has 0 aromatic heterocycles. The van der Waals surface area contributed by atoms with E-state index in [2.05, 4.69) is 0 Å². The molecule has 0 aliphatic rings. The molecular weight excluding hydrogens is 272 g/mol. The van der Waals surface area contributed by atoms with Gasteiger partial charge >= 0.3 is 0 Å². The first-order valence-electron chi connectivity index (χ1n) is 5.68. The minimum atomic E-state index is -3.45. The summed E-state index contributed by atoms with van der Waals surface area (Å²) in [7, 11) is -6.90. The van der Waals surface area contributed by atoms with Gasteiger partial charge in [-0.2, -0.15) is 0 Å². The molecule has 4 nitrogen and oxygen atoms in total. The maximum absolute atomic E-state index is 12.0. The van der Waals surface area contributed by atoms with Crippen molar-refractivity contribution in [2.45, 2.75) is 48.0 Å². The lowest BCUT2D eigenvalue weighted by atomic mass is 10.4. The van der Waals surface area contributed by atoms with E-state index in [0.29, 0.717) is 0 Å². The van der Waals surface area contributed by atoms with Crippen LogP contribution in [-0.4, -0.2) is 27.3 Å². The van der Waals surface area contributed by atoms with Crippen LogP contribution >= 0.6 is 0 Å². The Labute approximate surface area is 109 Å². The maximum Gasteiger partial charge on any atom is 0.180 e. The minimum Gasteiger partial charge on any atom is -0.223 e. The van der Waals surface area contributed by atoms with Crippen LogP contribution in [0.15, 0.2) is 34.1 Å². The summed E-state index contributed by atoms with van der Waals surface area (Å²) in [5.74, 6) is 0. The van der Waals surface area contributed by atoms with Gasteiger partial charge < -0.3 is 0 Å². The van der Waals surface area contributed by atoms with Crippen LogP contribution in [0.2, 0.25) is 0 Å². The highest BCUT2D eigenvalue weighted by Gasteiger charge is 2.24. The summed E-state index contributed by atoms with van der Waals surface area (Å²) in [4.78, 5) is 0.110. The van der Waals surface area contributed by atoms with E-state index in [1.807, 2.05) is 0 Å². The second kappa shape index (κ2) is 5.01. The van der Waals surface area contributed by atoms with Crippen molar-refractivity contribution in [1.29, 1.82) is 0 Å². The maximum atomic E-state index is 12.0.